The van der Waals surface area contributed by atoms with Gasteiger partial charge >= 0.3 is 0 Å². The lowest BCUT2D eigenvalue weighted by Crippen LogP contribution is -2.39. The summed E-state index contributed by atoms with van der Waals surface area (Å²) in [5.41, 5.74) is 9.18. The fourth-order valence-electron chi connectivity index (χ4n) is 3.44. The molecule has 3 heterocycles. The zero-order valence-electron chi connectivity index (χ0n) is 13.3. The summed E-state index contributed by atoms with van der Waals surface area (Å²) in [5, 5.41) is 3.40. The number of primary amides is 1. The third kappa shape index (κ3) is 2.80. The van der Waals surface area contributed by atoms with E-state index in [0.29, 0.717) is 11.8 Å². The van der Waals surface area contributed by atoms with Gasteiger partial charge < -0.3 is 20.7 Å². The van der Waals surface area contributed by atoms with Gasteiger partial charge in [-0.2, -0.15) is 0 Å². The van der Waals surface area contributed by atoms with E-state index < -0.39 is 5.91 Å². The van der Waals surface area contributed by atoms with Crippen LogP contribution in [0.15, 0.2) is 6.07 Å². The maximum Gasteiger partial charge on any atom is 0.267 e. The predicted octanol–water partition coefficient (Wildman–Crippen LogP) is 1.00. The van der Waals surface area contributed by atoms with Crippen LogP contribution in [0.5, 0.6) is 0 Å². The molecule has 0 spiro atoms. The first-order chi connectivity index (χ1) is 10.6. The molecule has 3 rings (SSSR count). The van der Waals surface area contributed by atoms with Gasteiger partial charge in [-0.15, -0.1) is 0 Å². The Labute approximate surface area is 131 Å². The van der Waals surface area contributed by atoms with Gasteiger partial charge in [0.15, 0.2) is 0 Å². The van der Waals surface area contributed by atoms with Crippen molar-refractivity contribution in [1.29, 1.82) is 0 Å². The van der Waals surface area contributed by atoms with Crippen LogP contribution in [0, 0.1) is 0 Å². The Hall–Kier alpha value is -1.66. The number of ether oxygens (including phenoxy) is 1. The van der Waals surface area contributed by atoms with Gasteiger partial charge in [0.05, 0.1) is 11.8 Å². The summed E-state index contributed by atoms with van der Waals surface area (Å²) in [6.07, 6.45) is 3.29. The molecule has 1 aromatic heterocycles. The summed E-state index contributed by atoms with van der Waals surface area (Å²) in [6.45, 7) is 4.90. The smallest absolute Gasteiger partial charge is 0.267 e. The van der Waals surface area contributed by atoms with Crippen LogP contribution in [-0.2, 0) is 11.2 Å². The van der Waals surface area contributed by atoms with E-state index in [1.165, 1.54) is 5.56 Å². The number of carbonyl (C=O) groups excluding carboxylic acids is 1. The van der Waals surface area contributed by atoms with Crippen LogP contribution in [0.1, 0.15) is 47.6 Å². The van der Waals surface area contributed by atoms with Crippen LogP contribution in [0.25, 0.3) is 0 Å². The van der Waals surface area contributed by atoms with Crippen LogP contribution in [0.2, 0.25) is 0 Å². The van der Waals surface area contributed by atoms with Crippen molar-refractivity contribution in [3.05, 3.63) is 23.0 Å². The molecule has 1 amide bonds. The number of nitrogens with zero attached hydrogens (tertiary/aromatic N) is 2. The maximum atomic E-state index is 11.6. The number of rotatable bonds is 3. The molecule has 6 nitrogen and oxygen atoms in total. The number of carbonyl (C=O) groups is 1. The second kappa shape index (κ2) is 6.22. The molecular weight excluding hydrogens is 280 g/mol. The number of amides is 1. The van der Waals surface area contributed by atoms with Gasteiger partial charge in [-0.3, -0.25) is 4.79 Å². The number of aromatic nitrogens is 1. The standard InChI is InChI=1S/C16H24N4O2/c1-10-15-12(3-6-18-10)14(9-13(19-15)16(17)21)20-7-4-11(22-2)5-8-20/h9-11,18H,3-8H2,1-2H3,(H2,17,21). The molecular formula is C16H24N4O2. The van der Waals surface area contributed by atoms with E-state index >= 15 is 0 Å². The van der Waals surface area contributed by atoms with Gasteiger partial charge in [0.2, 0.25) is 0 Å². The molecule has 1 unspecified atom stereocenters. The summed E-state index contributed by atoms with van der Waals surface area (Å²) in [6, 6.07) is 2.02. The van der Waals surface area contributed by atoms with Crippen molar-refractivity contribution in [1.82, 2.24) is 10.3 Å². The third-order valence-electron chi connectivity index (χ3n) is 4.74. The third-order valence-corrected chi connectivity index (χ3v) is 4.74. The van der Waals surface area contributed by atoms with Crippen molar-refractivity contribution < 1.29 is 9.53 Å². The molecule has 0 bridgehead atoms. The Morgan fingerprint density at radius 1 is 1.45 bits per heavy atom. The number of piperidine rings is 1. The number of anilines is 1. The van der Waals surface area contributed by atoms with Crippen LogP contribution >= 0.6 is 0 Å². The Kier molecular flexibility index (Phi) is 4.31. The predicted molar refractivity (Wildman–Crippen MR) is 85.1 cm³/mol. The minimum absolute atomic E-state index is 0.151. The van der Waals surface area contributed by atoms with E-state index in [1.807, 2.05) is 6.07 Å². The van der Waals surface area contributed by atoms with E-state index in [2.05, 4.69) is 22.1 Å². The van der Waals surface area contributed by atoms with Crippen molar-refractivity contribution in [3.8, 4) is 0 Å². The highest BCUT2D eigenvalue weighted by Crippen LogP contribution is 2.32. The molecule has 22 heavy (non-hydrogen) atoms. The van der Waals surface area contributed by atoms with Gasteiger partial charge in [0.25, 0.3) is 5.91 Å². The molecule has 1 atom stereocenters. The van der Waals surface area contributed by atoms with Gasteiger partial charge in [0.1, 0.15) is 5.69 Å². The average molecular weight is 304 g/mol. The number of nitrogens with one attached hydrogen (secondary N) is 1. The average Bonchev–Trinajstić information content (AvgIpc) is 2.54. The lowest BCUT2D eigenvalue weighted by Gasteiger charge is -2.36. The fourth-order valence-corrected chi connectivity index (χ4v) is 3.44. The van der Waals surface area contributed by atoms with Gasteiger partial charge in [-0.05, 0) is 44.4 Å². The SMILES string of the molecule is COC1CCN(c2cc(C(N)=O)nc3c2CCNC3C)CC1. The molecule has 0 radical (unpaired) electrons. The topological polar surface area (TPSA) is 80.5 Å². The fraction of sp³-hybridized carbons (Fsp3) is 0.625. The van der Waals surface area contributed by atoms with E-state index in [4.69, 9.17) is 10.5 Å². The van der Waals surface area contributed by atoms with Crippen molar-refractivity contribution in [3.63, 3.8) is 0 Å². The molecule has 0 saturated carbocycles. The zero-order valence-corrected chi connectivity index (χ0v) is 13.3. The zero-order chi connectivity index (χ0) is 15.7. The first kappa shape index (κ1) is 15.2. The van der Waals surface area contributed by atoms with Crippen molar-refractivity contribution in [2.24, 2.45) is 5.73 Å². The summed E-state index contributed by atoms with van der Waals surface area (Å²) in [4.78, 5) is 18.5. The number of methoxy groups -OCH3 is 1. The van der Waals surface area contributed by atoms with Crippen LogP contribution < -0.4 is 16.0 Å². The van der Waals surface area contributed by atoms with Gasteiger partial charge in [-0.1, -0.05) is 0 Å². The second-order valence-electron chi connectivity index (χ2n) is 6.10. The van der Waals surface area contributed by atoms with Crippen LogP contribution in [-0.4, -0.2) is 43.7 Å². The molecule has 0 aliphatic carbocycles. The summed E-state index contributed by atoms with van der Waals surface area (Å²) in [7, 11) is 1.77. The Bertz CT molecular complexity index is 568. The highest BCUT2D eigenvalue weighted by atomic mass is 16.5. The van der Waals surface area contributed by atoms with Crippen LogP contribution in [0.3, 0.4) is 0 Å². The minimum Gasteiger partial charge on any atom is -0.381 e. The molecule has 1 aromatic rings. The molecule has 6 heteroatoms. The molecule has 3 N–H and O–H groups in total. The number of hydrogen-bond acceptors (Lipinski definition) is 5. The van der Waals surface area contributed by atoms with Crippen molar-refractivity contribution in [2.75, 3.05) is 31.6 Å². The number of nitrogens with two attached hydrogens (primary N) is 1. The number of pyridine rings is 1. The highest BCUT2D eigenvalue weighted by Gasteiger charge is 2.27. The molecule has 0 aromatic carbocycles. The summed E-state index contributed by atoms with van der Waals surface area (Å²) >= 11 is 0. The molecule has 2 aliphatic heterocycles. The number of hydrogen-bond donors (Lipinski definition) is 2. The first-order valence-corrected chi connectivity index (χ1v) is 7.95. The maximum absolute atomic E-state index is 11.6. The Morgan fingerprint density at radius 2 is 2.18 bits per heavy atom. The monoisotopic (exact) mass is 304 g/mol. The lowest BCUT2D eigenvalue weighted by atomic mass is 9.96. The minimum atomic E-state index is -0.464. The second-order valence-corrected chi connectivity index (χ2v) is 6.10. The van der Waals surface area contributed by atoms with Gasteiger partial charge in [0, 0.05) is 31.9 Å². The van der Waals surface area contributed by atoms with E-state index in [9.17, 15) is 4.79 Å². The van der Waals surface area contributed by atoms with Crippen molar-refractivity contribution in [2.45, 2.75) is 38.3 Å². The van der Waals surface area contributed by atoms with E-state index in [-0.39, 0.29) is 6.04 Å². The lowest BCUT2D eigenvalue weighted by molar-refractivity contribution is 0.0818. The quantitative estimate of drug-likeness (QED) is 0.871. The number of fused-ring (bicyclic) bond motifs is 1. The Morgan fingerprint density at radius 3 is 2.82 bits per heavy atom. The highest BCUT2D eigenvalue weighted by molar-refractivity contribution is 5.92. The van der Waals surface area contributed by atoms with Crippen molar-refractivity contribution >= 4 is 11.6 Å². The molecule has 120 valence electrons. The molecule has 1 fully saturated rings. The summed E-state index contributed by atoms with van der Waals surface area (Å²) in [5.74, 6) is -0.464. The molecule has 1 saturated heterocycles. The largest absolute Gasteiger partial charge is 0.381 e. The van der Waals surface area contributed by atoms with E-state index in [1.54, 1.807) is 7.11 Å². The van der Waals surface area contributed by atoms with Crippen LogP contribution in [0.4, 0.5) is 5.69 Å². The first-order valence-electron chi connectivity index (χ1n) is 7.95. The van der Waals surface area contributed by atoms with E-state index in [0.717, 1.165) is 50.3 Å². The normalized spacial score (nSPS) is 22.5. The Balaban J connectivity index is 1.97. The molecule has 2 aliphatic rings. The van der Waals surface area contributed by atoms with Gasteiger partial charge in [-0.25, -0.2) is 4.98 Å². The summed E-state index contributed by atoms with van der Waals surface area (Å²) < 4.78 is 5.44.